The maximum Gasteiger partial charge on any atom is 0.269 e. The van der Waals surface area contributed by atoms with E-state index in [9.17, 15) is 9.59 Å². The second-order valence-electron chi connectivity index (χ2n) is 5.75. The highest BCUT2D eigenvalue weighted by atomic mass is 79.9. The summed E-state index contributed by atoms with van der Waals surface area (Å²) in [5.74, 6) is 0.490. The number of hydrogen-bond donors (Lipinski definition) is 2. The van der Waals surface area contributed by atoms with E-state index < -0.39 is 0 Å². The summed E-state index contributed by atoms with van der Waals surface area (Å²) in [4.78, 5) is 24.4. The Morgan fingerprint density at radius 1 is 1.00 bits per heavy atom. The van der Waals surface area contributed by atoms with Crippen LogP contribution in [-0.2, 0) is 11.2 Å². The molecule has 2 N–H and O–H groups in total. The maximum absolute atomic E-state index is 12.2. The normalized spacial score (nSPS) is 10.2. The zero-order chi connectivity index (χ0) is 19.8. The van der Waals surface area contributed by atoms with Crippen molar-refractivity contribution < 1.29 is 19.1 Å². The minimum Gasteiger partial charge on any atom is -0.490 e. The summed E-state index contributed by atoms with van der Waals surface area (Å²) in [5, 5.41) is 0. The molecule has 0 aliphatic rings. The van der Waals surface area contributed by atoms with Crippen LogP contribution in [0.5, 0.6) is 11.5 Å². The number of ether oxygens (including phenoxy) is 2. The van der Waals surface area contributed by atoms with Gasteiger partial charge in [-0.2, -0.15) is 0 Å². The Morgan fingerprint density at radius 3 is 2.26 bits per heavy atom. The first-order valence-electron chi connectivity index (χ1n) is 8.69. The van der Waals surface area contributed by atoms with Crippen molar-refractivity contribution in [3.63, 3.8) is 0 Å². The first-order valence-corrected chi connectivity index (χ1v) is 9.48. The van der Waals surface area contributed by atoms with Gasteiger partial charge in [-0.3, -0.25) is 20.4 Å². The Kier molecular flexibility index (Phi) is 7.67. The zero-order valence-corrected chi connectivity index (χ0v) is 17.2. The molecule has 27 heavy (non-hydrogen) atoms. The largest absolute Gasteiger partial charge is 0.490 e. The first-order chi connectivity index (χ1) is 13.0. The molecule has 144 valence electrons. The van der Waals surface area contributed by atoms with Crippen LogP contribution in [0.15, 0.2) is 40.9 Å². The Morgan fingerprint density at radius 2 is 1.63 bits per heavy atom. The molecule has 0 aliphatic carbocycles. The molecule has 0 aromatic heterocycles. The second-order valence-corrected chi connectivity index (χ2v) is 6.60. The van der Waals surface area contributed by atoms with E-state index in [0.717, 1.165) is 15.6 Å². The number of halogens is 1. The minimum absolute atomic E-state index is 0.0706. The van der Waals surface area contributed by atoms with Crippen LogP contribution in [0.25, 0.3) is 0 Å². The molecule has 0 atom stereocenters. The van der Waals surface area contributed by atoms with Crippen molar-refractivity contribution in [2.75, 3.05) is 13.2 Å². The highest BCUT2D eigenvalue weighted by Gasteiger charge is 2.15. The van der Waals surface area contributed by atoms with Crippen molar-refractivity contribution in [2.45, 2.75) is 27.2 Å². The molecule has 0 fully saturated rings. The molecule has 6 nitrogen and oxygen atoms in total. The van der Waals surface area contributed by atoms with Gasteiger partial charge < -0.3 is 9.47 Å². The van der Waals surface area contributed by atoms with Crippen LogP contribution < -0.4 is 20.3 Å². The van der Waals surface area contributed by atoms with Crippen LogP contribution in [0, 0.1) is 6.92 Å². The maximum atomic E-state index is 12.2. The van der Waals surface area contributed by atoms with Crippen molar-refractivity contribution in [1.82, 2.24) is 10.9 Å². The molecule has 0 saturated carbocycles. The summed E-state index contributed by atoms with van der Waals surface area (Å²) in [5.41, 5.74) is 6.96. The minimum atomic E-state index is -0.359. The van der Waals surface area contributed by atoms with Crippen LogP contribution >= 0.6 is 15.9 Å². The summed E-state index contributed by atoms with van der Waals surface area (Å²) < 4.78 is 11.9. The Balaban J connectivity index is 2.03. The fourth-order valence-corrected chi connectivity index (χ4v) is 2.95. The third-order valence-electron chi connectivity index (χ3n) is 3.77. The Bertz CT molecular complexity index is 824. The quantitative estimate of drug-likeness (QED) is 0.653. The van der Waals surface area contributed by atoms with Gasteiger partial charge in [-0.1, -0.05) is 34.1 Å². The van der Waals surface area contributed by atoms with Crippen LogP contribution in [0.3, 0.4) is 0 Å². The van der Waals surface area contributed by atoms with Crippen LogP contribution in [0.1, 0.15) is 35.3 Å². The average Bonchev–Trinajstić information content (AvgIpc) is 2.64. The predicted octanol–water partition coefficient (Wildman–Crippen LogP) is 3.56. The summed E-state index contributed by atoms with van der Waals surface area (Å²) >= 11 is 3.45. The summed E-state index contributed by atoms with van der Waals surface area (Å²) in [6.07, 6.45) is 0.0706. The van der Waals surface area contributed by atoms with Crippen molar-refractivity contribution >= 4 is 27.7 Å². The third kappa shape index (κ3) is 5.72. The van der Waals surface area contributed by atoms with Crippen molar-refractivity contribution in [2.24, 2.45) is 0 Å². The number of hydrogen-bond acceptors (Lipinski definition) is 4. The van der Waals surface area contributed by atoms with Gasteiger partial charge in [0, 0.05) is 10.0 Å². The molecular formula is C20H23BrN2O4. The van der Waals surface area contributed by atoms with Crippen LogP contribution in [0.2, 0.25) is 0 Å². The van der Waals surface area contributed by atoms with E-state index in [1.54, 1.807) is 24.3 Å². The molecule has 0 spiro atoms. The smallest absolute Gasteiger partial charge is 0.269 e. The highest BCUT2D eigenvalue weighted by molar-refractivity contribution is 9.10. The standard InChI is InChI=1S/C20H23BrN2O4/c1-4-26-17-10-14(16(21)12-18(17)27-5-2)11-19(24)22-23-20(25)15-9-7-6-8-13(15)3/h6-10,12H,4-5,11H2,1-3H3,(H,22,24)(H,23,25). The number of carbonyl (C=O) groups is 2. The fourth-order valence-electron chi connectivity index (χ4n) is 2.49. The fraction of sp³-hybridized carbons (Fsp3) is 0.300. The van der Waals surface area contributed by atoms with Gasteiger partial charge in [0.15, 0.2) is 11.5 Å². The van der Waals surface area contributed by atoms with E-state index in [0.29, 0.717) is 30.3 Å². The zero-order valence-electron chi connectivity index (χ0n) is 15.6. The van der Waals surface area contributed by atoms with Crippen LogP contribution in [0.4, 0.5) is 0 Å². The number of aryl methyl sites for hydroxylation is 1. The molecule has 0 aliphatic heterocycles. The monoisotopic (exact) mass is 434 g/mol. The first kappa shape index (κ1) is 20.8. The molecule has 2 aromatic rings. The molecule has 0 bridgehead atoms. The van der Waals surface area contributed by atoms with Gasteiger partial charge in [-0.15, -0.1) is 0 Å². The van der Waals surface area contributed by atoms with Gasteiger partial charge in [0.25, 0.3) is 5.91 Å². The lowest BCUT2D eigenvalue weighted by atomic mass is 10.1. The third-order valence-corrected chi connectivity index (χ3v) is 4.51. The van der Waals surface area contributed by atoms with Gasteiger partial charge >= 0.3 is 0 Å². The molecule has 2 rings (SSSR count). The molecule has 0 heterocycles. The van der Waals surface area contributed by atoms with Crippen LogP contribution in [-0.4, -0.2) is 25.0 Å². The number of amides is 2. The van der Waals surface area contributed by atoms with E-state index in [2.05, 4.69) is 26.8 Å². The number of hydrazine groups is 1. The molecule has 0 unspecified atom stereocenters. The topological polar surface area (TPSA) is 76.7 Å². The van der Waals surface area contributed by atoms with Gasteiger partial charge in [0.2, 0.25) is 5.91 Å². The predicted molar refractivity (Wildman–Crippen MR) is 107 cm³/mol. The molecule has 2 amide bonds. The van der Waals surface area contributed by atoms with E-state index in [-0.39, 0.29) is 18.2 Å². The van der Waals surface area contributed by atoms with E-state index in [4.69, 9.17) is 9.47 Å². The summed E-state index contributed by atoms with van der Waals surface area (Å²) in [7, 11) is 0. The SMILES string of the molecule is CCOc1cc(Br)c(CC(=O)NNC(=O)c2ccccc2C)cc1OCC. The lowest BCUT2D eigenvalue weighted by Crippen LogP contribution is -2.42. The number of carbonyl (C=O) groups excluding carboxylic acids is 2. The van der Waals surface area contributed by atoms with Crippen molar-refractivity contribution in [3.05, 3.63) is 57.6 Å². The van der Waals surface area contributed by atoms with Gasteiger partial charge in [0.1, 0.15) is 0 Å². The lowest BCUT2D eigenvalue weighted by Gasteiger charge is -2.14. The number of rotatable bonds is 7. The molecular weight excluding hydrogens is 412 g/mol. The second kappa shape index (κ2) is 9.97. The average molecular weight is 435 g/mol. The van der Waals surface area contributed by atoms with E-state index in [1.165, 1.54) is 0 Å². The van der Waals surface area contributed by atoms with E-state index >= 15 is 0 Å². The van der Waals surface area contributed by atoms with Gasteiger partial charge in [-0.25, -0.2) is 0 Å². The molecule has 7 heteroatoms. The Labute approximate surface area is 167 Å². The molecule has 2 aromatic carbocycles. The van der Waals surface area contributed by atoms with Crippen molar-refractivity contribution in [1.29, 1.82) is 0 Å². The summed E-state index contributed by atoms with van der Waals surface area (Å²) in [6.45, 7) is 6.60. The highest BCUT2D eigenvalue weighted by Crippen LogP contribution is 2.34. The van der Waals surface area contributed by atoms with Gasteiger partial charge in [-0.05, 0) is 50.1 Å². The molecule has 0 radical (unpaired) electrons. The lowest BCUT2D eigenvalue weighted by molar-refractivity contribution is -0.121. The number of benzene rings is 2. The van der Waals surface area contributed by atoms with E-state index in [1.807, 2.05) is 32.9 Å². The molecule has 0 saturated heterocycles. The van der Waals surface area contributed by atoms with Crippen molar-refractivity contribution in [3.8, 4) is 11.5 Å². The summed E-state index contributed by atoms with van der Waals surface area (Å²) in [6, 6.07) is 10.7. The Hall–Kier alpha value is -2.54. The number of nitrogens with one attached hydrogen (secondary N) is 2. The van der Waals surface area contributed by atoms with Gasteiger partial charge in [0.05, 0.1) is 19.6 Å².